The van der Waals surface area contributed by atoms with Gasteiger partial charge in [0.1, 0.15) is 0 Å². The van der Waals surface area contributed by atoms with E-state index in [0.29, 0.717) is 0 Å². The average molecular weight is 377 g/mol. The van der Waals surface area contributed by atoms with E-state index in [1.165, 1.54) is 71.1 Å². The Kier molecular flexibility index (Phi) is 14.3. The van der Waals surface area contributed by atoms with E-state index >= 15 is 0 Å². The molecule has 0 aliphatic rings. The Bertz CT molecular complexity index is 160. The Hall–Kier alpha value is 0.759. The molecule has 0 N–H and O–H groups in total. The normalized spacial score (nSPS) is 12.0. The van der Waals surface area contributed by atoms with E-state index < -0.39 is 18.8 Å². The summed E-state index contributed by atoms with van der Waals surface area (Å²) in [6, 6.07) is 0. The molecule has 19 heavy (non-hydrogen) atoms. The van der Waals surface area contributed by atoms with Crippen LogP contribution in [0.5, 0.6) is 0 Å². The minimum absolute atomic E-state index is 1.07. The summed E-state index contributed by atoms with van der Waals surface area (Å²) in [5.41, 5.74) is 0. The zero-order chi connectivity index (χ0) is 14.4. The topological polar surface area (TPSA) is 9.23 Å². The quantitative estimate of drug-likeness (QED) is 0.247. The molecule has 0 amide bonds. The van der Waals surface area contributed by atoms with E-state index in [9.17, 15) is 0 Å². The number of unbranched alkanes of at least 4 members (excludes halogenated alkanes) is 5. The van der Waals surface area contributed by atoms with Gasteiger partial charge in [-0.2, -0.15) is 0 Å². The van der Waals surface area contributed by atoms with Crippen molar-refractivity contribution in [2.45, 2.75) is 98.8 Å². The van der Waals surface area contributed by atoms with Crippen LogP contribution in [0.25, 0.3) is 0 Å². The molecular weight excluding hydrogens is 339 g/mol. The monoisotopic (exact) mass is 378 g/mol. The molecule has 0 saturated carbocycles. The fourth-order valence-electron chi connectivity index (χ4n) is 2.73. The summed E-state index contributed by atoms with van der Waals surface area (Å²) in [6.45, 7) is 10.3. The zero-order valence-electron chi connectivity index (χ0n) is 14.1. The second-order valence-electron chi connectivity index (χ2n) is 6.05. The summed E-state index contributed by atoms with van der Waals surface area (Å²) in [4.78, 5) is 0. The van der Waals surface area contributed by atoms with Crippen molar-refractivity contribution in [3.8, 4) is 0 Å². The molecule has 0 aromatic heterocycles. The molecule has 0 aliphatic carbocycles. The van der Waals surface area contributed by atoms with Crippen LogP contribution >= 0.6 is 0 Å². The maximum absolute atomic E-state index is 6.65. The van der Waals surface area contributed by atoms with E-state index in [2.05, 4.69) is 27.7 Å². The van der Waals surface area contributed by atoms with Gasteiger partial charge in [-0.3, -0.25) is 0 Å². The SMILES string of the molecule is CCCCC[O][Sn]([CH2]CCC)([CH2]CCC)[CH2]CCC. The van der Waals surface area contributed by atoms with Crippen molar-refractivity contribution in [1.29, 1.82) is 0 Å². The van der Waals surface area contributed by atoms with Crippen LogP contribution in [0, 0.1) is 0 Å². The molecular formula is C17H38OSn. The Labute approximate surface area is 127 Å². The Morgan fingerprint density at radius 2 is 1.00 bits per heavy atom. The van der Waals surface area contributed by atoms with Crippen molar-refractivity contribution in [2.75, 3.05) is 6.61 Å². The third-order valence-corrected chi connectivity index (χ3v) is 17.3. The van der Waals surface area contributed by atoms with E-state index in [1.807, 2.05) is 0 Å². The Morgan fingerprint density at radius 3 is 1.37 bits per heavy atom. The van der Waals surface area contributed by atoms with Crippen LogP contribution in [-0.2, 0) is 3.07 Å². The van der Waals surface area contributed by atoms with Crippen LogP contribution < -0.4 is 0 Å². The van der Waals surface area contributed by atoms with Gasteiger partial charge in [0.15, 0.2) is 0 Å². The molecule has 116 valence electrons. The number of hydrogen-bond donors (Lipinski definition) is 0. The first-order chi connectivity index (χ1) is 9.24. The summed E-state index contributed by atoms with van der Waals surface area (Å²) < 4.78 is 11.1. The van der Waals surface area contributed by atoms with Crippen molar-refractivity contribution >= 4 is 18.8 Å². The van der Waals surface area contributed by atoms with Crippen LogP contribution in [0.3, 0.4) is 0 Å². The van der Waals surface area contributed by atoms with Gasteiger partial charge in [-0.1, -0.05) is 0 Å². The van der Waals surface area contributed by atoms with Gasteiger partial charge in [-0.05, 0) is 0 Å². The molecule has 0 radical (unpaired) electrons. The van der Waals surface area contributed by atoms with E-state index in [-0.39, 0.29) is 0 Å². The second kappa shape index (κ2) is 13.7. The minimum atomic E-state index is -2.23. The second-order valence-corrected chi connectivity index (χ2v) is 17.9. The van der Waals surface area contributed by atoms with Gasteiger partial charge < -0.3 is 0 Å². The van der Waals surface area contributed by atoms with Crippen molar-refractivity contribution in [2.24, 2.45) is 0 Å². The molecule has 0 rings (SSSR count). The predicted molar refractivity (Wildman–Crippen MR) is 90.4 cm³/mol. The van der Waals surface area contributed by atoms with Gasteiger partial charge >= 0.3 is 127 Å². The van der Waals surface area contributed by atoms with Gasteiger partial charge in [0, 0.05) is 0 Å². The molecule has 0 fully saturated rings. The van der Waals surface area contributed by atoms with Gasteiger partial charge in [0.25, 0.3) is 0 Å². The standard InChI is InChI=1S/C5H11O.3C4H9.Sn/c1-2-3-4-5-6;3*1-3-4-2;/h2-5H2,1H3;3*1,3-4H2,2H3;/q-1;;;;+1. The molecule has 0 atom stereocenters. The molecule has 1 nitrogen and oxygen atoms in total. The summed E-state index contributed by atoms with van der Waals surface area (Å²) in [5, 5.41) is 0. The molecule has 0 heterocycles. The first kappa shape index (κ1) is 19.8. The summed E-state index contributed by atoms with van der Waals surface area (Å²) in [6.07, 6.45) is 12.2. The first-order valence-corrected chi connectivity index (χ1v) is 16.1. The molecule has 0 aliphatic heterocycles. The summed E-state index contributed by atoms with van der Waals surface area (Å²) in [5.74, 6) is 0. The van der Waals surface area contributed by atoms with Crippen molar-refractivity contribution in [3.63, 3.8) is 0 Å². The summed E-state index contributed by atoms with van der Waals surface area (Å²) >= 11 is -2.23. The van der Waals surface area contributed by atoms with Crippen LogP contribution in [0.4, 0.5) is 0 Å². The van der Waals surface area contributed by atoms with Crippen LogP contribution in [0.1, 0.15) is 85.5 Å². The fraction of sp³-hybridized carbons (Fsp3) is 1.00. The fourth-order valence-corrected chi connectivity index (χ4v) is 16.3. The van der Waals surface area contributed by atoms with Crippen LogP contribution in [-0.4, -0.2) is 25.4 Å². The molecule has 0 aromatic rings. The molecule has 0 bridgehead atoms. The molecule has 0 aromatic carbocycles. The van der Waals surface area contributed by atoms with E-state index in [4.69, 9.17) is 3.07 Å². The van der Waals surface area contributed by atoms with Crippen molar-refractivity contribution < 1.29 is 3.07 Å². The van der Waals surface area contributed by atoms with Gasteiger partial charge in [0.05, 0.1) is 0 Å². The molecule has 0 unspecified atom stereocenters. The Morgan fingerprint density at radius 1 is 0.579 bits per heavy atom. The first-order valence-electron chi connectivity index (χ1n) is 8.88. The van der Waals surface area contributed by atoms with Crippen molar-refractivity contribution in [1.82, 2.24) is 0 Å². The zero-order valence-corrected chi connectivity index (χ0v) is 17.0. The van der Waals surface area contributed by atoms with Crippen molar-refractivity contribution in [3.05, 3.63) is 0 Å². The summed E-state index contributed by atoms with van der Waals surface area (Å²) in [7, 11) is 0. The molecule has 0 saturated heterocycles. The van der Waals surface area contributed by atoms with E-state index in [1.54, 1.807) is 0 Å². The number of rotatable bonds is 14. The molecule has 2 heteroatoms. The molecule has 0 spiro atoms. The van der Waals surface area contributed by atoms with Gasteiger partial charge in [-0.25, -0.2) is 0 Å². The van der Waals surface area contributed by atoms with Crippen LogP contribution in [0.15, 0.2) is 0 Å². The predicted octanol–water partition coefficient (Wildman–Crippen LogP) is 6.54. The van der Waals surface area contributed by atoms with Gasteiger partial charge in [0.2, 0.25) is 0 Å². The number of hydrogen-bond acceptors (Lipinski definition) is 1. The Balaban J connectivity index is 4.38. The third kappa shape index (κ3) is 10.2. The van der Waals surface area contributed by atoms with E-state index in [0.717, 1.165) is 6.61 Å². The van der Waals surface area contributed by atoms with Gasteiger partial charge in [-0.15, -0.1) is 0 Å². The third-order valence-electron chi connectivity index (χ3n) is 4.11. The van der Waals surface area contributed by atoms with Crippen LogP contribution in [0.2, 0.25) is 13.3 Å². The maximum atomic E-state index is 6.65. The average Bonchev–Trinajstić information content (AvgIpc) is 2.44.